The average Bonchev–Trinajstić information content (AvgIpc) is 2.54. The molecule has 6 heteroatoms. The number of hydrogen-bond acceptors (Lipinski definition) is 3. The molecule has 1 N–H and O–H groups in total. The van der Waals surface area contributed by atoms with Crippen molar-refractivity contribution in [2.24, 2.45) is 5.11 Å². The maximum atomic E-state index is 10.4. The van der Waals surface area contributed by atoms with E-state index >= 15 is 0 Å². The van der Waals surface area contributed by atoms with Gasteiger partial charge in [-0.15, -0.1) is 0 Å². The topological polar surface area (TPSA) is 99.2 Å². The van der Waals surface area contributed by atoms with E-state index in [0.717, 1.165) is 0 Å². The van der Waals surface area contributed by atoms with E-state index < -0.39 is 12.0 Å². The fraction of sp³-hybridized carbons (Fsp3) is 0.286. The van der Waals surface area contributed by atoms with E-state index in [1.165, 1.54) is 6.26 Å². The summed E-state index contributed by atoms with van der Waals surface area (Å²) in [7, 11) is 0. The zero-order valence-corrected chi connectivity index (χ0v) is 6.62. The molecule has 0 saturated carbocycles. The molecule has 1 aromatic rings. The molecule has 0 amide bonds. The molecule has 0 radical (unpaired) electrons. The lowest BCUT2D eigenvalue weighted by Crippen LogP contribution is -2.02. The zero-order chi connectivity index (χ0) is 9.68. The normalized spacial score (nSPS) is 11.7. The van der Waals surface area contributed by atoms with Crippen molar-refractivity contribution < 1.29 is 14.3 Å². The highest BCUT2D eigenvalue weighted by Gasteiger charge is 2.15. The van der Waals surface area contributed by atoms with Crippen molar-refractivity contribution in [1.82, 2.24) is 0 Å². The van der Waals surface area contributed by atoms with E-state index in [1.807, 2.05) is 0 Å². The van der Waals surface area contributed by atoms with Gasteiger partial charge in [0.2, 0.25) is 0 Å². The van der Waals surface area contributed by atoms with Gasteiger partial charge in [0.1, 0.15) is 11.8 Å². The number of hydrogen-bond donors (Lipinski definition) is 1. The Kier molecular flexibility index (Phi) is 2.94. The van der Waals surface area contributed by atoms with E-state index in [9.17, 15) is 4.79 Å². The summed E-state index contributed by atoms with van der Waals surface area (Å²) in [6.07, 6.45) is 1.13. The highest BCUT2D eigenvalue weighted by molar-refractivity contribution is 5.67. The first-order valence-corrected chi connectivity index (χ1v) is 3.53. The van der Waals surface area contributed by atoms with E-state index in [-0.39, 0.29) is 6.42 Å². The van der Waals surface area contributed by atoms with Gasteiger partial charge in [-0.2, -0.15) is 0 Å². The summed E-state index contributed by atoms with van der Waals surface area (Å²) in [5.74, 6) is -0.672. The third-order valence-electron chi connectivity index (χ3n) is 1.43. The highest BCUT2D eigenvalue weighted by atomic mass is 16.4. The Morgan fingerprint density at radius 1 is 1.85 bits per heavy atom. The summed E-state index contributed by atoms with van der Waals surface area (Å²) >= 11 is 0. The quantitative estimate of drug-likeness (QED) is 0.437. The van der Waals surface area contributed by atoms with E-state index in [0.29, 0.717) is 5.76 Å². The molecule has 1 heterocycles. The lowest BCUT2D eigenvalue weighted by Gasteiger charge is -2.02. The second-order valence-corrected chi connectivity index (χ2v) is 2.33. The molecule has 0 fully saturated rings. The number of furan rings is 1. The molecule has 1 atom stereocenters. The van der Waals surface area contributed by atoms with Crippen LogP contribution in [0.2, 0.25) is 0 Å². The number of nitrogens with zero attached hydrogens (tertiary/aromatic N) is 3. The molecule has 0 aromatic carbocycles. The molecule has 6 nitrogen and oxygen atoms in total. The van der Waals surface area contributed by atoms with Crippen molar-refractivity contribution in [2.45, 2.75) is 12.5 Å². The Morgan fingerprint density at radius 2 is 2.62 bits per heavy atom. The van der Waals surface area contributed by atoms with Gasteiger partial charge in [-0.1, -0.05) is 5.11 Å². The molecular weight excluding hydrogens is 174 g/mol. The minimum absolute atomic E-state index is 0.266. The van der Waals surface area contributed by atoms with Gasteiger partial charge < -0.3 is 9.52 Å². The van der Waals surface area contributed by atoms with E-state index in [4.69, 9.17) is 15.1 Å². The first-order valence-electron chi connectivity index (χ1n) is 3.53. The number of aliphatic carboxylic acids is 1. The van der Waals surface area contributed by atoms with Gasteiger partial charge in [0.05, 0.1) is 12.7 Å². The van der Waals surface area contributed by atoms with Crippen LogP contribution in [0.1, 0.15) is 18.2 Å². The van der Waals surface area contributed by atoms with Crippen LogP contribution in [0.3, 0.4) is 0 Å². The minimum Gasteiger partial charge on any atom is -0.481 e. The average molecular weight is 181 g/mol. The van der Waals surface area contributed by atoms with Crippen LogP contribution in [0.5, 0.6) is 0 Å². The fourth-order valence-electron chi connectivity index (χ4n) is 0.907. The molecule has 1 unspecified atom stereocenters. The highest BCUT2D eigenvalue weighted by Crippen LogP contribution is 2.21. The third-order valence-corrected chi connectivity index (χ3v) is 1.43. The molecular formula is C7H7N3O3. The predicted octanol–water partition coefficient (Wildman–Crippen LogP) is 2.11. The van der Waals surface area contributed by atoms with Crippen molar-refractivity contribution in [3.8, 4) is 0 Å². The fourth-order valence-corrected chi connectivity index (χ4v) is 0.907. The molecule has 68 valence electrons. The van der Waals surface area contributed by atoms with Crippen LogP contribution >= 0.6 is 0 Å². The van der Waals surface area contributed by atoms with Crippen LogP contribution in [0.4, 0.5) is 0 Å². The van der Waals surface area contributed by atoms with Gasteiger partial charge in [0.25, 0.3) is 0 Å². The standard InChI is InChI=1S/C7H7N3O3/c8-10-9-5(4-7(11)12)6-2-1-3-13-6/h1-3,5H,4H2,(H,11,12). The molecule has 0 aliphatic rings. The first-order chi connectivity index (χ1) is 6.24. The van der Waals surface area contributed by atoms with Crippen LogP contribution in [0, 0.1) is 0 Å². The van der Waals surface area contributed by atoms with Crippen LogP contribution in [-0.2, 0) is 4.79 Å². The molecule has 0 bridgehead atoms. The maximum absolute atomic E-state index is 10.4. The van der Waals surface area contributed by atoms with Gasteiger partial charge in [-0.3, -0.25) is 4.79 Å². The lowest BCUT2D eigenvalue weighted by atomic mass is 10.2. The molecule has 13 heavy (non-hydrogen) atoms. The number of carbonyl (C=O) groups is 1. The molecule has 1 rings (SSSR count). The van der Waals surface area contributed by atoms with Crippen LogP contribution < -0.4 is 0 Å². The van der Waals surface area contributed by atoms with Gasteiger partial charge in [-0.05, 0) is 17.7 Å². The van der Waals surface area contributed by atoms with Crippen molar-refractivity contribution in [3.05, 3.63) is 34.6 Å². The third kappa shape index (κ3) is 2.53. The monoisotopic (exact) mass is 181 g/mol. The largest absolute Gasteiger partial charge is 0.481 e. The number of rotatable bonds is 4. The van der Waals surface area contributed by atoms with Gasteiger partial charge in [0, 0.05) is 4.91 Å². The summed E-state index contributed by atoms with van der Waals surface area (Å²) in [6, 6.07) is 2.41. The lowest BCUT2D eigenvalue weighted by molar-refractivity contribution is -0.137. The van der Waals surface area contributed by atoms with Crippen LogP contribution in [0.25, 0.3) is 10.4 Å². The maximum Gasteiger partial charge on any atom is 0.304 e. The van der Waals surface area contributed by atoms with E-state index in [2.05, 4.69) is 10.0 Å². The summed E-state index contributed by atoms with van der Waals surface area (Å²) in [6.45, 7) is 0. The second-order valence-electron chi connectivity index (χ2n) is 2.33. The Labute approximate surface area is 73.4 Å². The smallest absolute Gasteiger partial charge is 0.304 e. The predicted molar refractivity (Wildman–Crippen MR) is 42.8 cm³/mol. The molecule has 0 aliphatic carbocycles. The number of azide groups is 1. The molecule has 1 aromatic heterocycles. The minimum atomic E-state index is -1.03. The van der Waals surface area contributed by atoms with Crippen LogP contribution in [-0.4, -0.2) is 11.1 Å². The Bertz CT molecular complexity index is 327. The van der Waals surface area contributed by atoms with Gasteiger partial charge >= 0.3 is 5.97 Å². The van der Waals surface area contributed by atoms with Crippen molar-refractivity contribution in [2.75, 3.05) is 0 Å². The van der Waals surface area contributed by atoms with Crippen LogP contribution in [0.15, 0.2) is 27.9 Å². The summed E-state index contributed by atoms with van der Waals surface area (Å²) in [4.78, 5) is 12.9. The molecule has 0 saturated heterocycles. The molecule has 0 spiro atoms. The van der Waals surface area contributed by atoms with Crippen molar-refractivity contribution >= 4 is 5.97 Å². The van der Waals surface area contributed by atoms with E-state index in [1.54, 1.807) is 12.1 Å². The van der Waals surface area contributed by atoms with Gasteiger partial charge in [-0.25, -0.2) is 0 Å². The Hall–Kier alpha value is -1.94. The number of carboxylic acid groups (broad SMARTS) is 1. The number of carboxylic acids is 1. The SMILES string of the molecule is [N-]=[N+]=NC(CC(=O)O)c1ccco1. The van der Waals surface area contributed by atoms with Crippen molar-refractivity contribution in [3.63, 3.8) is 0 Å². The zero-order valence-electron chi connectivity index (χ0n) is 6.62. The first kappa shape index (κ1) is 9.15. The van der Waals surface area contributed by atoms with Gasteiger partial charge in [0.15, 0.2) is 0 Å². The second kappa shape index (κ2) is 4.18. The Balaban J connectivity index is 2.80. The summed E-state index contributed by atoms with van der Waals surface area (Å²) in [5.41, 5.74) is 8.17. The molecule has 0 aliphatic heterocycles. The Morgan fingerprint density at radius 3 is 3.08 bits per heavy atom. The van der Waals surface area contributed by atoms with Crippen molar-refractivity contribution in [1.29, 1.82) is 0 Å². The summed E-state index contributed by atoms with van der Waals surface area (Å²) < 4.78 is 4.92. The summed E-state index contributed by atoms with van der Waals surface area (Å²) in [5, 5.41) is 11.8.